The van der Waals surface area contributed by atoms with Gasteiger partial charge >= 0.3 is 0 Å². The minimum atomic E-state index is 0.101. The van der Waals surface area contributed by atoms with Crippen molar-refractivity contribution in [2.45, 2.75) is 39.2 Å². The van der Waals surface area contributed by atoms with E-state index >= 15 is 0 Å². The number of fused-ring (bicyclic) bond motifs is 3. The monoisotopic (exact) mass is 386 g/mol. The van der Waals surface area contributed by atoms with E-state index in [1.54, 1.807) is 11.3 Å². The maximum atomic E-state index is 13.7. The summed E-state index contributed by atoms with van der Waals surface area (Å²) >= 11 is 1.72. The Morgan fingerprint density at radius 3 is 2.54 bits per heavy atom. The van der Waals surface area contributed by atoms with Gasteiger partial charge in [-0.3, -0.25) is 9.36 Å². The molecule has 0 aliphatic heterocycles. The fourth-order valence-electron chi connectivity index (χ4n) is 4.07. The third-order valence-electron chi connectivity index (χ3n) is 5.57. The molecule has 2 aromatic heterocycles. The molecule has 0 unspecified atom stereocenters. The van der Waals surface area contributed by atoms with Crippen LogP contribution in [0.5, 0.6) is 0 Å². The maximum Gasteiger partial charge on any atom is 0.263 e. The Morgan fingerprint density at radius 2 is 1.75 bits per heavy atom. The molecule has 0 amide bonds. The van der Waals surface area contributed by atoms with E-state index in [0.717, 1.165) is 46.4 Å². The Balaban J connectivity index is 1.76. The lowest BCUT2D eigenvalue weighted by Gasteiger charge is -2.14. The summed E-state index contributed by atoms with van der Waals surface area (Å²) < 4.78 is 1.87. The van der Waals surface area contributed by atoms with Crippen LogP contribution in [-0.4, -0.2) is 9.55 Å². The molecule has 2 heterocycles. The highest BCUT2D eigenvalue weighted by Gasteiger charge is 2.22. The van der Waals surface area contributed by atoms with Gasteiger partial charge in [-0.05, 0) is 43.7 Å². The smallest absolute Gasteiger partial charge is 0.263 e. The van der Waals surface area contributed by atoms with E-state index in [1.165, 1.54) is 22.4 Å². The number of benzene rings is 2. The Hall–Kier alpha value is -2.72. The number of hydrogen-bond donors (Lipinski definition) is 0. The molecule has 1 aliphatic rings. The summed E-state index contributed by atoms with van der Waals surface area (Å²) in [5, 5.41) is 0.853. The lowest BCUT2D eigenvalue weighted by atomic mass is 9.97. The van der Waals surface area contributed by atoms with Gasteiger partial charge in [0.2, 0.25) is 0 Å². The Labute approximate surface area is 168 Å². The van der Waals surface area contributed by atoms with Crippen LogP contribution in [0.25, 0.3) is 21.6 Å². The van der Waals surface area contributed by atoms with Gasteiger partial charge in [0, 0.05) is 10.4 Å². The molecule has 3 nitrogen and oxygen atoms in total. The van der Waals surface area contributed by atoms with Crippen molar-refractivity contribution in [3.8, 4) is 11.4 Å². The summed E-state index contributed by atoms with van der Waals surface area (Å²) in [6.07, 6.45) is 4.45. The predicted molar refractivity (Wildman–Crippen MR) is 116 cm³/mol. The molecule has 0 saturated carbocycles. The molecule has 0 bridgehead atoms. The van der Waals surface area contributed by atoms with Crippen LogP contribution in [0.1, 0.15) is 34.4 Å². The quantitative estimate of drug-likeness (QED) is 0.475. The average Bonchev–Trinajstić information content (AvgIpc) is 3.11. The number of rotatable bonds is 3. The first-order chi connectivity index (χ1) is 13.7. The van der Waals surface area contributed by atoms with Gasteiger partial charge in [-0.2, -0.15) is 0 Å². The molecular weight excluding hydrogens is 364 g/mol. The normalized spacial score (nSPS) is 13.6. The van der Waals surface area contributed by atoms with Gasteiger partial charge in [-0.25, -0.2) is 4.98 Å². The largest absolute Gasteiger partial charge is 0.288 e. The molecule has 0 fully saturated rings. The lowest BCUT2D eigenvalue weighted by Crippen LogP contribution is -2.24. The maximum absolute atomic E-state index is 13.7. The molecule has 4 heteroatoms. The SMILES string of the molecule is Cc1ccc(Cn2c(-c3ccccc3)nc3sc4c(c3c2=O)CCCC4)cc1. The molecule has 140 valence electrons. The van der Waals surface area contributed by atoms with E-state index in [9.17, 15) is 4.79 Å². The number of hydrogen-bond acceptors (Lipinski definition) is 3. The van der Waals surface area contributed by atoms with Gasteiger partial charge in [0.25, 0.3) is 5.56 Å². The van der Waals surface area contributed by atoms with Gasteiger partial charge in [0.1, 0.15) is 10.7 Å². The summed E-state index contributed by atoms with van der Waals surface area (Å²) in [5.74, 6) is 0.761. The first-order valence-corrected chi connectivity index (χ1v) is 10.7. The van der Waals surface area contributed by atoms with Crippen molar-refractivity contribution in [1.29, 1.82) is 0 Å². The zero-order valence-corrected chi connectivity index (χ0v) is 16.8. The van der Waals surface area contributed by atoms with E-state index in [2.05, 4.69) is 31.2 Å². The Kier molecular flexibility index (Phi) is 4.36. The van der Waals surface area contributed by atoms with Crippen LogP contribution < -0.4 is 5.56 Å². The van der Waals surface area contributed by atoms with Crippen LogP contribution in [-0.2, 0) is 19.4 Å². The zero-order valence-electron chi connectivity index (χ0n) is 15.9. The first-order valence-electron chi connectivity index (χ1n) is 9.87. The van der Waals surface area contributed by atoms with E-state index < -0.39 is 0 Å². The average molecular weight is 387 g/mol. The molecule has 2 aromatic carbocycles. The van der Waals surface area contributed by atoms with Crippen LogP contribution in [0.4, 0.5) is 0 Å². The third kappa shape index (κ3) is 2.98. The van der Waals surface area contributed by atoms with Crippen LogP contribution in [0.2, 0.25) is 0 Å². The summed E-state index contributed by atoms with van der Waals surface area (Å²) in [6.45, 7) is 2.62. The van der Waals surface area contributed by atoms with Gasteiger partial charge < -0.3 is 0 Å². The number of aromatic nitrogens is 2. The fraction of sp³-hybridized carbons (Fsp3) is 0.250. The standard InChI is InChI=1S/C24H22N2OS/c1-16-11-13-17(14-12-16)15-26-22(18-7-3-2-4-8-18)25-23-21(24(26)27)19-9-5-6-10-20(19)28-23/h2-4,7-8,11-14H,5-6,9-10,15H2,1H3. The lowest BCUT2D eigenvalue weighted by molar-refractivity contribution is 0.698. The molecule has 5 rings (SSSR count). The van der Waals surface area contributed by atoms with Gasteiger partial charge in [0.05, 0.1) is 11.9 Å². The van der Waals surface area contributed by atoms with Crippen molar-refractivity contribution in [2.24, 2.45) is 0 Å². The summed E-state index contributed by atoms with van der Waals surface area (Å²) in [4.78, 5) is 20.9. The fourth-order valence-corrected chi connectivity index (χ4v) is 5.32. The predicted octanol–water partition coefficient (Wildman–Crippen LogP) is 5.36. The number of thiophene rings is 1. The van der Waals surface area contributed by atoms with E-state index in [1.807, 2.05) is 34.9 Å². The van der Waals surface area contributed by atoms with Crippen molar-refractivity contribution < 1.29 is 0 Å². The minimum absolute atomic E-state index is 0.101. The molecule has 0 radical (unpaired) electrons. The van der Waals surface area contributed by atoms with Gasteiger partial charge in [-0.15, -0.1) is 11.3 Å². The second-order valence-electron chi connectivity index (χ2n) is 7.57. The van der Waals surface area contributed by atoms with Crippen molar-refractivity contribution in [2.75, 3.05) is 0 Å². The number of aryl methyl sites for hydroxylation is 3. The summed E-state index contributed by atoms with van der Waals surface area (Å²) in [6, 6.07) is 18.5. The Morgan fingerprint density at radius 1 is 1.00 bits per heavy atom. The van der Waals surface area contributed by atoms with Crippen molar-refractivity contribution in [1.82, 2.24) is 9.55 Å². The van der Waals surface area contributed by atoms with Crippen molar-refractivity contribution in [3.63, 3.8) is 0 Å². The topological polar surface area (TPSA) is 34.9 Å². The highest BCUT2D eigenvalue weighted by Crippen LogP contribution is 2.34. The van der Waals surface area contributed by atoms with Crippen molar-refractivity contribution in [3.05, 3.63) is 86.5 Å². The van der Waals surface area contributed by atoms with E-state index in [4.69, 9.17) is 4.98 Å². The third-order valence-corrected chi connectivity index (χ3v) is 6.75. The van der Waals surface area contributed by atoms with E-state index in [0.29, 0.717) is 6.54 Å². The summed E-state index contributed by atoms with van der Waals surface area (Å²) in [5.41, 5.74) is 4.68. The van der Waals surface area contributed by atoms with Crippen LogP contribution in [0, 0.1) is 6.92 Å². The summed E-state index contributed by atoms with van der Waals surface area (Å²) in [7, 11) is 0. The molecule has 0 atom stereocenters. The van der Waals surface area contributed by atoms with Gasteiger partial charge in [-0.1, -0.05) is 60.2 Å². The molecule has 0 N–H and O–H groups in total. The molecular formula is C24H22N2OS. The first kappa shape index (κ1) is 17.4. The van der Waals surface area contributed by atoms with Crippen molar-refractivity contribution >= 4 is 21.6 Å². The molecule has 28 heavy (non-hydrogen) atoms. The van der Waals surface area contributed by atoms with E-state index in [-0.39, 0.29) is 5.56 Å². The highest BCUT2D eigenvalue weighted by molar-refractivity contribution is 7.18. The van der Waals surface area contributed by atoms with Crippen LogP contribution in [0.15, 0.2) is 59.4 Å². The van der Waals surface area contributed by atoms with Crippen LogP contribution >= 0.6 is 11.3 Å². The van der Waals surface area contributed by atoms with Crippen LogP contribution in [0.3, 0.4) is 0 Å². The zero-order chi connectivity index (χ0) is 19.1. The highest BCUT2D eigenvalue weighted by atomic mass is 32.1. The second kappa shape index (κ2) is 7.02. The number of nitrogens with zero attached hydrogens (tertiary/aromatic N) is 2. The molecule has 1 aliphatic carbocycles. The minimum Gasteiger partial charge on any atom is -0.288 e. The Bertz CT molecular complexity index is 1200. The van der Waals surface area contributed by atoms with Gasteiger partial charge in [0.15, 0.2) is 0 Å². The second-order valence-corrected chi connectivity index (χ2v) is 8.65. The molecule has 0 spiro atoms. The molecule has 4 aromatic rings. The molecule has 0 saturated heterocycles.